The van der Waals surface area contributed by atoms with Crippen LogP contribution in [0.4, 0.5) is 5.69 Å². The summed E-state index contributed by atoms with van der Waals surface area (Å²) in [6, 6.07) is 16.4. The lowest BCUT2D eigenvalue weighted by Crippen LogP contribution is -2.22. The Hall–Kier alpha value is -2.09. The average Bonchev–Trinajstić information content (AvgIpc) is 2.87. The number of hydrogen-bond acceptors (Lipinski definition) is 1. The standard InChI is InChI=1S/C19H21NO/c1-3-14(4-2)15-9-11-17(12-10-15)20-13-16-7-5-6-8-18(16)19(20)21/h5-12,14H,3-4,13H2,1-2H3. The van der Waals surface area contributed by atoms with Gasteiger partial charge in [0.25, 0.3) is 5.91 Å². The van der Waals surface area contributed by atoms with Crippen molar-refractivity contribution in [2.45, 2.75) is 39.2 Å². The summed E-state index contributed by atoms with van der Waals surface area (Å²) in [7, 11) is 0. The molecule has 3 rings (SSSR count). The Morgan fingerprint density at radius 3 is 2.29 bits per heavy atom. The molecule has 1 aliphatic heterocycles. The van der Waals surface area contributed by atoms with Gasteiger partial charge >= 0.3 is 0 Å². The second-order valence-corrected chi connectivity index (χ2v) is 5.65. The molecule has 0 atom stereocenters. The largest absolute Gasteiger partial charge is 0.304 e. The monoisotopic (exact) mass is 279 g/mol. The first-order valence-corrected chi connectivity index (χ1v) is 7.74. The molecule has 0 aliphatic carbocycles. The molecule has 108 valence electrons. The molecule has 1 aliphatic rings. The van der Waals surface area contributed by atoms with Crippen molar-refractivity contribution < 1.29 is 4.79 Å². The minimum atomic E-state index is 0.112. The molecule has 0 radical (unpaired) electrons. The number of fused-ring (bicyclic) bond motifs is 1. The predicted molar refractivity (Wildman–Crippen MR) is 86.7 cm³/mol. The Bertz CT molecular complexity index is 641. The lowest BCUT2D eigenvalue weighted by Gasteiger charge is -2.18. The summed E-state index contributed by atoms with van der Waals surface area (Å²) in [5, 5.41) is 0. The van der Waals surface area contributed by atoms with E-state index in [0.29, 0.717) is 12.5 Å². The van der Waals surface area contributed by atoms with E-state index in [9.17, 15) is 4.79 Å². The normalized spacial score (nSPS) is 13.9. The second kappa shape index (κ2) is 5.72. The molecule has 0 unspecified atom stereocenters. The van der Waals surface area contributed by atoms with Crippen LogP contribution in [0.15, 0.2) is 48.5 Å². The Kier molecular flexibility index (Phi) is 3.78. The first-order chi connectivity index (χ1) is 10.2. The second-order valence-electron chi connectivity index (χ2n) is 5.65. The highest BCUT2D eigenvalue weighted by Gasteiger charge is 2.27. The molecule has 2 nitrogen and oxygen atoms in total. The number of rotatable bonds is 4. The highest BCUT2D eigenvalue weighted by atomic mass is 16.2. The van der Waals surface area contributed by atoms with Crippen LogP contribution in [0.25, 0.3) is 0 Å². The maximum absolute atomic E-state index is 12.5. The zero-order valence-corrected chi connectivity index (χ0v) is 12.7. The molecule has 21 heavy (non-hydrogen) atoms. The molecule has 0 saturated carbocycles. The van der Waals surface area contributed by atoms with Crippen molar-refractivity contribution >= 4 is 11.6 Å². The van der Waals surface area contributed by atoms with Crippen LogP contribution in [0, 0.1) is 0 Å². The number of carbonyl (C=O) groups excluding carboxylic acids is 1. The van der Waals surface area contributed by atoms with Gasteiger partial charge in [-0.3, -0.25) is 4.79 Å². The average molecular weight is 279 g/mol. The minimum Gasteiger partial charge on any atom is -0.304 e. The summed E-state index contributed by atoms with van der Waals surface area (Å²) >= 11 is 0. The third kappa shape index (κ3) is 2.46. The van der Waals surface area contributed by atoms with E-state index in [2.05, 4.69) is 38.1 Å². The number of benzene rings is 2. The predicted octanol–water partition coefficient (Wildman–Crippen LogP) is 4.75. The van der Waals surface area contributed by atoms with Crippen LogP contribution in [0.3, 0.4) is 0 Å². The first-order valence-electron chi connectivity index (χ1n) is 7.74. The number of anilines is 1. The van der Waals surface area contributed by atoms with E-state index in [1.807, 2.05) is 29.2 Å². The molecule has 0 aromatic heterocycles. The molecule has 0 N–H and O–H groups in total. The number of amides is 1. The van der Waals surface area contributed by atoms with Crippen molar-refractivity contribution in [3.63, 3.8) is 0 Å². The summed E-state index contributed by atoms with van der Waals surface area (Å²) in [6.45, 7) is 5.13. The Morgan fingerprint density at radius 1 is 1.00 bits per heavy atom. The molecule has 0 bridgehead atoms. The number of carbonyl (C=O) groups is 1. The maximum atomic E-state index is 12.5. The summed E-state index contributed by atoms with van der Waals surface area (Å²) in [4.78, 5) is 14.3. The van der Waals surface area contributed by atoms with E-state index in [1.54, 1.807) is 0 Å². The van der Waals surface area contributed by atoms with Crippen LogP contribution in [-0.2, 0) is 6.54 Å². The number of hydrogen-bond donors (Lipinski definition) is 0. The van der Waals surface area contributed by atoms with E-state index < -0.39 is 0 Å². The van der Waals surface area contributed by atoms with Crippen molar-refractivity contribution in [1.29, 1.82) is 0 Å². The summed E-state index contributed by atoms with van der Waals surface area (Å²) < 4.78 is 0. The Labute approximate surface area is 126 Å². The van der Waals surface area contributed by atoms with Gasteiger partial charge in [-0.2, -0.15) is 0 Å². The minimum absolute atomic E-state index is 0.112. The molecular weight excluding hydrogens is 258 g/mol. The molecule has 0 spiro atoms. The Morgan fingerprint density at radius 2 is 1.67 bits per heavy atom. The van der Waals surface area contributed by atoms with E-state index in [0.717, 1.165) is 29.7 Å². The van der Waals surface area contributed by atoms with Gasteiger partial charge < -0.3 is 4.90 Å². The molecule has 2 aromatic rings. The van der Waals surface area contributed by atoms with E-state index in [4.69, 9.17) is 0 Å². The highest BCUT2D eigenvalue weighted by Crippen LogP contribution is 2.30. The van der Waals surface area contributed by atoms with Crippen molar-refractivity contribution in [3.05, 3.63) is 65.2 Å². The van der Waals surface area contributed by atoms with E-state index in [1.165, 1.54) is 5.56 Å². The quantitative estimate of drug-likeness (QED) is 0.790. The van der Waals surface area contributed by atoms with Crippen molar-refractivity contribution in [3.8, 4) is 0 Å². The van der Waals surface area contributed by atoms with Gasteiger partial charge in [-0.25, -0.2) is 0 Å². The summed E-state index contributed by atoms with van der Waals surface area (Å²) in [6.07, 6.45) is 2.31. The van der Waals surface area contributed by atoms with Crippen molar-refractivity contribution in [2.24, 2.45) is 0 Å². The fourth-order valence-electron chi connectivity index (χ4n) is 3.15. The van der Waals surface area contributed by atoms with Crippen LogP contribution >= 0.6 is 0 Å². The molecule has 2 heteroatoms. The van der Waals surface area contributed by atoms with Gasteiger partial charge in [-0.1, -0.05) is 44.2 Å². The van der Waals surface area contributed by atoms with Crippen LogP contribution in [0.1, 0.15) is 54.1 Å². The summed E-state index contributed by atoms with van der Waals surface area (Å²) in [5.74, 6) is 0.728. The maximum Gasteiger partial charge on any atom is 0.258 e. The molecule has 1 heterocycles. The third-order valence-electron chi connectivity index (χ3n) is 4.48. The molecular formula is C19H21NO. The van der Waals surface area contributed by atoms with Gasteiger partial charge in [-0.15, -0.1) is 0 Å². The van der Waals surface area contributed by atoms with Gasteiger partial charge in [0.15, 0.2) is 0 Å². The fourth-order valence-corrected chi connectivity index (χ4v) is 3.15. The van der Waals surface area contributed by atoms with E-state index in [-0.39, 0.29) is 5.91 Å². The molecule has 2 aromatic carbocycles. The molecule has 1 amide bonds. The third-order valence-corrected chi connectivity index (χ3v) is 4.48. The topological polar surface area (TPSA) is 20.3 Å². The van der Waals surface area contributed by atoms with Gasteiger partial charge in [0.05, 0.1) is 6.54 Å². The fraction of sp³-hybridized carbons (Fsp3) is 0.316. The van der Waals surface area contributed by atoms with Gasteiger partial charge in [0, 0.05) is 11.3 Å². The first kappa shape index (κ1) is 13.9. The molecule has 0 saturated heterocycles. The zero-order valence-electron chi connectivity index (χ0n) is 12.7. The lowest BCUT2D eigenvalue weighted by atomic mass is 9.94. The van der Waals surface area contributed by atoms with Crippen LogP contribution in [0.2, 0.25) is 0 Å². The van der Waals surface area contributed by atoms with Crippen LogP contribution < -0.4 is 4.90 Å². The highest BCUT2D eigenvalue weighted by molar-refractivity contribution is 6.09. The van der Waals surface area contributed by atoms with E-state index >= 15 is 0 Å². The SMILES string of the molecule is CCC(CC)c1ccc(N2Cc3ccccc3C2=O)cc1. The number of nitrogens with zero attached hydrogens (tertiary/aromatic N) is 1. The zero-order chi connectivity index (χ0) is 14.8. The van der Waals surface area contributed by atoms with Crippen LogP contribution in [0.5, 0.6) is 0 Å². The van der Waals surface area contributed by atoms with Gasteiger partial charge in [0.2, 0.25) is 0 Å². The summed E-state index contributed by atoms with van der Waals surface area (Å²) in [5.41, 5.74) is 4.31. The molecule has 0 fully saturated rings. The van der Waals surface area contributed by atoms with Gasteiger partial charge in [0.1, 0.15) is 0 Å². The van der Waals surface area contributed by atoms with Gasteiger partial charge in [-0.05, 0) is 48.1 Å². The van der Waals surface area contributed by atoms with Crippen LogP contribution in [-0.4, -0.2) is 5.91 Å². The van der Waals surface area contributed by atoms with Crippen molar-refractivity contribution in [2.75, 3.05) is 4.90 Å². The smallest absolute Gasteiger partial charge is 0.258 e. The lowest BCUT2D eigenvalue weighted by molar-refractivity contribution is 0.0996. The van der Waals surface area contributed by atoms with Crippen molar-refractivity contribution in [1.82, 2.24) is 0 Å². The Balaban J connectivity index is 1.85.